The number of benzene rings is 1. The van der Waals surface area contributed by atoms with Crippen LogP contribution in [0.1, 0.15) is 12.0 Å². The molecule has 0 aliphatic carbocycles. The van der Waals surface area contributed by atoms with Gasteiger partial charge in [-0.3, -0.25) is 0 Å². The van der Waals surface area contributed by atoms with Crippen molar-refractivity contribution in [2.24, 2.45) is 0 Å². The van der Waals surface area contributed by atoms with Gasteiger partial charge in [0.25, 0.3) is 0 Å². The molecule has 1 aliphatic heterocycles. The van der Waals surface area contributed by atoms with Crippen molar-refractivity contribution in [3.63, 3.8) is 0 Å². The standard InChI is InChI=1S/C11H13NO/c13-11-6-2-1-5-10(11)9-4-3-7-12-8-9/h1-2,4-6,12-13H,3,7-8H2. The Morgan fingerprint density at radius 1 is 1.23 bits per heavy atom. The molecule has 1 aromatic carbocycles. The molecule has 1 aromatic rings. The normalized spacial score (nSPS) is 16.8. The summed E-state index contributed by atoms with van der Waals surface area (Å²) in [6.07, 6.45) is 3.23. The summed E-state index contributed by atoms with van der Waals surface area (Å²) in [5, 5.41) is 12.9. The fraction of sp³-hybridized carbons (Fsp3) is 0.273. The van der Waals surface area contributed by atoms with Gasteiger partial charge in [-0.15, -0.1) is 0 Å². The minimum atomic E-state index is 0.373. The van der Waals surface area contributed by atoms with E-state index in [4.69, 9.17) is 0 Å². The third-order valence-electron chi connectivity index (χ3n) is 2.28. The van der Waals surface area contributed by atoms with Crippen molar-refractivity contribution < 1.29 is 5.11 Å². The van der Waals surface area contributed by atoms with Gasteiger partial charge in [0.1, 0.15) is 5.75 Å². The first kappa shape index (κ1) is 8.32. The van der Waals surface area contributed by atoms with Crippen LogP contribution in [0.2, 0.25) is 0 Å². The van der Waals surface area contributed by atoms with Gasteiger partial charge in [0.05, 0.1) is 0 Å². The molecular weight excluding hydrogens is 162 g/mol. The molecule has 0 saturated heterocycles. The molecule has 0 spiro atoms. The summed E-state index contributed by atoms with van der Waals surface area (Å²) >= 11 is 0. The van der Waals surface area contributed by atoms with Crippen molar-refractivity contribution in [1.82, 2.24) is 5.32 Å². The second-order valence-corrected chi connectivity index (χ2v) is 3.21. The molecule has 0 unspecified atom stereocenters. The number of nitrogens with one attached hydrogen (secondary N) is 1. The van der Waals surface area contributed by atoms with Gasteiger partial charge in [0.2, 0.25) is 0 Å². The molecule has 2 N–H and O–H groups in total. The van der Waals surface area contributed by atoms with Gasteiger partial charge in [0.15, 0.2) is 0 Å². The lowest BCUT2D eigenvalue weighted by Crippen LogP contribution is -2.21. The van der Waals surface area contributed by atoms with Gasteiger partial charge in [-0.25, -0.2) is 0 Å². The zero-order valence-corrected chi connectivity index (χ0v) is 7.46. The van der Waals surface area contributed by atoms with Crippen LogP contribution in [0.5, 0.6) is 5.75 Å². The quantitative estimate of drug-likeness (QED) is 0.681. The lowest BCUT2D eigenvalue weighted by Gasteiger charge is -2.15. The molecule has 0 atom stereocenters. The van der Waals surface area contributed by atoms with Crippen molar-refractivity contribution >= 4 is 5.57 Å². The zero-order valence-electron chi connectivity index (χ0n) is 7.46. The molecule has 2 rings (SSSR count). The lowest BCUT2D eigenvalue weighted by atomic mass is 10.0. The van der Waals surface area contributed by atoms with Gasteiger partial charge in [-0.2, -0.15) is 0 Å². The number of para-hydroxylation sites is 1. The smallest absolute Gasteiger partial charge is 0.123 e. The highest BCUT2D eigenvalue weighted by Crippen LogP contribution is 2.25. The summed E-state index contributed by atoms with van der Waals surface area (Å²) in [6, 6.07) is 7.47. The number of phenols is 1. The zero-order chi connectivity index (χ0) is 9.10. The van der Waals surface area contributed by atoms with Crippen molar-refractivity contribution in [2.75, 3.05) is 13.1 Å². The fourth-order valence-electron chi connectivity index (χ4n) is 1.59. The van der Waals surface area contributed by atoms with Crippen molar-refractivity contribution in [2.45, 2.75) is 6.42 Å². The molecule has 2 nitrogen and oxygen atoms in total. The minimum absolute atomic E-state index is 0.373. The second kappa shape index (κ2) is 3.62. The molecule has 0 radical (unpaired) electrons. The lowest BCUT2D eigenvalue weighted by molar-refractivity contribution is 0.473. The van der Waals surface area contributed by atoms with Crippen LogP contribution < -0.4 is 5.32 Å². The monoisotopic (exact) mass is 175 g/mol. The van der Waals surface area contributed by atoms with Crippen LogP contribution in [0.3, 0.4) is 0 Å². The maximum atomic E-state index is 9.59. The number of aromatic hydroxyl groups is 1. The Labute approximate surface area is 77.9 Å². The van der Waals surface area contributed by atoms with E-state index in [2.05, 4.69) is 11.4 Å². The molecule has 0 bridgehead atoms. The summed E-state index contributed by atoms with van der Waals surface area (Å²) < 4.78 is 0. The van der Waals surface area contributed by atoms with E-state index in [1.54, 1.807) is 6.07 Å². The number of hydrogen-bond donors (Lipinski definition) is 2. The van der Waals surface area contributed by atoms with Crippen LogP contribution in [0.4, 0.5) is 0 Å². The van der Waals surface area contributed by atoms with Crippen LogP contribution in [-0.4, -0.2) is 18.2 Å². The first-order valence-corrected chi connectivity index (χ1v) is 4.56. The third kappa shape index (κ3) is 1.73. The largest absolute Gasteiger partial charge is 0.507 e. The molecule has 68 valence electrons. The van der Waals surface area contributed by atoms with Crippen molar-refractivity contribution in [3.05, 3.63) is 35.9 Å². The molecule has 0 saturated carbocycles. The molecule has 13 heavy (non-hydrogen) atoms. The van der Waals surface area contributed by atoms with Gasteiger partial charge >= 0.3 is 0 Å². The molecule has 1 aliphatic rings. The molecule has 0 fully saturated rings. The second-order valence-electron chi connectivity index (χ2n) is 3.21. The van der Waals surface area contributed by atoms with E-state index < -0.39 is 0 Å². The first-order valence-electron chi connectivity index (χ1n) is 4.56. The summed E-state index contributed by atoms with van der Waals surface area (Å²) in [4.78, 5) is 0. The fourth-order valence-corrected chi connectivity index (χ4v) is 1.59. The van der Waals surface area contributed by atoms with Crippen LogP contribution >= 0.6 is 0 Å². The Balaban J connectivity index is 2.34. The Morgan fingerprint density at radius 3 is 2.77 bits per heavy atom. The Kier molecular flexibility index (Phi) is 2.32. The minimum Gasteiger partial charge on any atom is -0.507 e. The number of phenolic OH excluding ortho intramolecular Hbond substituents is 1. The molecule has 0 aromatic heterocycles. The maximum Gasteiger partial charge on any atom is 0.123 e. The van der Waals surface area contributed by atoms with Crippen LogP contribution in [-0.2, 0) is 0 Å². The molecular formula is C11H13NO. The average molecular weight is 175 g/mol. The van der Waals surface area contributed by atoms with Gasteiger partial charge < -0.3 is 10.4 Å². The number of rotatable bonds is 1. The van der Waals surface area contributed by atoms with Crippen molar-refractivity contribution in [3.8, 4) is 5.75 Å². The van der Waals surface area contributed by atoms with Crippen molar-refractivity contribution in [1.29, 1.82) is 0 Å². The Bertz CT molecular complexity index is 331. The molecule has 1 heterocycles. The van der Waals surface area contributed by atoms with Crippen LogP contribution in [0, 0.1) is 0 Å². The number of hydrogen-bond acceptors (Lipinski definition) is 2. The summed E-state index contributed by atoms with van der Waals surface area (Å²) in [6.45, 7) is 1.90. The summed E-state index contributed by atoms with van der Waals surface area (Å²) in [5.41, 5.74) is 2.15. The average Bonchev–Trinajstić information content (AvgIpc) is 2.20. The van der Waals surface area contributed by atoms with Gasteiger partial charge in [0, 0.05) is 12.1 Å². The third-order valence-corrected chi connectivity index (χ3v) is 2.28. The van der Waals surface area contributed by atoms with E-state index >= 15 is 0 Å². The van der Waals surface area contributed by atoms with E-state index in [0.717, 1.165) is 25.1 Å². The summed E-state index contributed by atoms with van der Waals surface area (Å²) in [5.74, 6) is 0.373. The van der Waals surface area contributed by atoms with E-state index in [0.29, 0.717) is 5.75 Å². The highest BCUT2D eigenvalue weighted by atomic mass is 16.3. The van der Waals surface area contributed by atoms with Crippen LogP contribution in [0.25, 0.3) is 5.57 Å². The van der Waals surface area contributed by atoms with Gasteiger partial charge in [-0.05, 0) is 24.6 Å². The summed E-state index contributed by atoms with van der Waals surface area (Å²) in [7, 11) is 0. The first-order chi connectivity index (χ1) is 6.38. The predicted molar refractivity (Wildman–Crippen MR) is 53.6 cm³/mol. The Hall–Kier alpha value is -1.28. The topological polar surface area (TPSA) is 32.3 Å². The highest BCUT2D eigenvalue weighted by molar-refractivity contribution is 5.71. The van der Waals surface area contributed by atoms with E-state index in [9.17, 15) is 5.11 Å². The predicted octanol–water partition coefficient (Wildman–Crippen LogP) is 1.77. The van der Waals surface area contributed by atoms with E-state index in [-0.39, 0.29) is 0 Å². The van der Waals surface area contributed by atoms with E-state index in [1.165, 1.54) is 5.57 Å². The highest BCUT2D eigenvalue weighted by Gasteiger charge is 2.08. The van der Waals surface area contributed by atoms with Gasteiger partial charge in [-0.1, -0.05) is 24.3 Å². The molecule has 2 heteroatoms. The van der Waals surface area contributed by atoms with Crippen LogP contribution in [0.15, 0.2) is 30.3 Å². The Morgan fingerprint density at radius 2 is 2.08 bits per heavy atom. The SMILES string of the molecule is Oc1ccccc1C1=CCCNC1. The maximum absolute atomic E-state index is 9.59. The molecule has 0 amide bonds. The van der Waals surface area contributed by atoms with E-state index in [1.807, 2.05) is 18.2 Å².